The van der Waals surface area contributed by atoms with Gasteiger partial charge in [0.05, 0.1) is 5.69 Å². The molecule has 1 saturated heterocycles. The quantitative estimate of drug-likeness (QED) is 0.486. The summed E-state index contributed by atoms with van der Waals surface area (Å²) in [5.74, 6) is 0.717. The van der Waals surface area contributed by atoms with Crippen molar-refractivity contribution in [2.45, 2.75) is 32.7 Å². The fourth-order valence-corrected chi connectivity index (χ4v) is 2.96. The van der Waals surface area contributed by atoms with Crippen molar-refractivity contribution in [2.24, 2.45) is 4.99 Å². The van der Waals surface area contributed by atoms with Crippen LogP contribution < -0.4 is 15.5 Å². The predicted octanol–water partition coefficient (Wildman–Crippen LogP) is 2.30. The Hall–Kier alpha value is -1.82. The maximum atomic E-state index is 13.9. The van der Waals surface area contributed by atoms with Gasteiger partial charge in [0.1, 0.15) is 5.82 Å². The predicted molar refractivity (Wildman–Crippen MR) is 104 cm³/mol. The Morgan fingerprint density at radius 2 is 1.84 bits per heavy atom. The SMILES string of the molecule is CN=C(NCCCN1CCN(c2ccccc2F)CC1)NC(C)(C)C. The molecule has 0 saturated carbocycles. The van der Waals surface area contributed by atoms with Crippen LogP contribution in [-0.4, -0.2) is 62.7 Å². The van der Waals surface area contributed by atoms with Crippen molar-refractivity contribution in [3.63, 3.8) is 0 Å². The second-order valence-electron chi connectivity index (χ2n) is 7.51. The lowest BCUT2D eigenvalue weighted by molar-refractivity contribution is 0.254. The number of halogens is 1. The van der Waals surface area contributed by atoms with Gasteiger partial charge in [-0.1, -0.05) is 12.1 Å². The van der Waals surface area contributed by atoms with Gasteiger partial charge >= 0.3 is 0 Å². The summed E-state index contributed by atoms with van der Waals surface area (Å²) in [6.45, 7) is 12.0. The molecule has 1 fully saturated rings. The van der Waals surface area contributed by atoms with Gasteiger partial charge in [-0.05, 0) is 45.9 Å². The minimum atomic E-state index is -0.127. The molecule has 0 unspecified atom stereocenters. The minimum absolute atomic E-state index is 0.00485. The fourth-order valence-electron chi connectivity index (χ4n) is 2.96. The van der Waals surface area contributed by atoms with Crippen LogP contribution >= 0.6 is 0 Å². The number of nitrogens with one attached hydrogen (secondary N) is 2. The third kappa shape index (κ3) is 6.53. The van der Waals surface area contributed by atoms with Crippen LogP contribution in [0.4, 0.5) is 10.1 Å². The van der Waals surface area contributed by atoms with E-state index < -0.39 is 0 Å². The Kier molecular flexibility index (Phi) is 7.05. The first-order valence-electron chi connectivity index (χ1n) is 9.10. The number of hydrogen-bond acceptors (Lipinski definition) is 3. The van der Waals surface area contributed by atoms with Crippen LogP contribution in [0.3, 0.4) is 0 Å². The molecule has 0 aromatic heterocycles. The van der Waals surface area contributed by atoms with Crippen LogP contribution in [-0.2, 0) is 0 Å². The van der Waals surface area contributed by atoms with Crippen molar-refractivity contribution >= 4 is 11.6 Å². The molecule has 0 aliphatic carbocycles. The number of piperazine rings is 1. The number of anilines is 1. The van der Waals surface area contributed by atoms with Crippen molar-refractivity contribution in [1.82, 2.24) is 15.5 Å². The van der Waals surface area contributed by atoms with E-state index in [0.29, 0.717) is 0 Å². The molecule has 1 aromatic rings. The molecular weight excluding hydrogens is 317 g/mol. The minimum Gasteiger partial charge on any atom is -0.367 e. The molecule has 0 amide bonds. The number of guanidine groups is 1. The zero-order valence-corrected chi connectivity index (χ0v) is 16.0. The van der Waals surface area contributed by atoms with Gasteiger partial charge in [-0.2, -0.15) is 0 Å². The number of rotatable bonds is 5. The van der Waals surface area contributed by atoms with Crippen LogP contribution in [0.5, 0.6) is 0 Å². The second kappa shape index (κ2) is 9.04. The summed E-state index contributed by atoms with van der Waals surface area (Å²) in [4.78, 5) is 8.83. The third-order valence-corrected chi connectivity index (χ3v) is 4.23. The molecule has 0 spiro atoms. The summed E-state index contributed by atoms with van der Waals surface area (Å²) in [6.07, 6.45) is 1.06. The molecular formula is C19H32FN5. The standard InChI is InChI=1S/C19H32FN5/c1-19(2,3)23-18(21-4)22-10-7-11-24-12-14-25(15-13-24)17-9-6-5-8-16(17)20/h5-6,8-9H,7,10-15H2,1-4H3,(H2,21,22,23). The highest BCUT2D eigenvalue weighted by Crippen LogP contribution is 2.20. The molecule has 25 heavy (non-hydrogen) atoms. The van der Waals surface area contributed by atoms with Crippen molar-refractivity contribution in [3.8, 4) is 0 Å². The Bertz CT molecular complexity index is 559. The average Bonchev–Trinajstić information content (AvgIpc) is 2.57. The van der Waals surface area contributed by atoms with E-state index in [4.69, 9.17) is 0 Å². The smallest absolute Gasteiger partial charge is 0.191 e. The second-order valence-corrected chi connectivity index (χ2v) is 7.51. The number of hydrogen-bond donors (Lipinski definition) is 2. The lowest BCUT2D eigenvalue weighted by Crippen LogP contribution is -2.49. The Labute approximate surface area is 151 Å². The van der Waals surface area contributed by atoms with Gasteiger partial charge in [0.2, 0.25) is 0 Å². The van der Waals surface area contributed by atoms with E-state index in [1.165, 1.54) is 6.07 Å². The highest BCUT2D eigenvalue weighted by molar-refractivity contribution is 5.80. The molecule has 140 valence electrons. The number of para-hydroxylation sites is 1. The van der Waals surface area contributed by atoms with E-state index in [9.17, 15) is 4.39 Å². The van der Waals surface area contributed by atoms with Gasteiger partial charge < -0.3 is 15.5 Å². The molecule has 1 aromatic carbocycles. The van der Waals surface area contributed by atoms with Gasteiger partial charge in [0, 0.05) is 45.3 Å². The number of aliphatic imine (C=N–C) groups is 1. The van der Waals surface area contributed by atoms with Gasteiger partial charge in [-0.25, -0.2) is 4.39 Å². The molecule has 1 aliphatic rings. The summed E-state index contributed by atoms with van der Waals surface area (Å²) >= 11 is 0. The molecule has 0 bridgehead atoms. The summed E-state index contributed by atoms with van der Waals surface area (Å²) in [6, 6.07) is 7.04. The van der Waals surface area contributed by atoms with Crippen molar-refractivity contribution in [2.75, 3.05) is 51.2 Å². The monoisotopic (exact) mass is 349 g/mol. The maximum Gasteiger partial charge on any atom is 0.191 e. The molecule has 2 rings (SSSR count). The van der Waals surface area contributed by atoms with Gasteiger partial charge in [-0.3, -0.25) is 9.89 Å². The molecule has 0 atom stereocenters. The molecule has 1 heterocycles. The lowest BCUT2D eigenvalue weighted by atomic mass is 10.1. The van der Waals surface area contributed by atoms with Crippen LogP contribution in [0.2, 0.25) is 0 Å². The van der Waals surface area contributed by atoms with E-state index in [0.717, 1.165) is 57.3 Å². The average molecular weight is 349 g/mol. The number of nitrogens with zero attached hydrogens (tertiary/aromatic N) is 3. The zero-order chi connectivity index (χ0) is 18.3. The normalized spacial score (nSPS) is 16.8. The van der Waals surface area contributed by atoms with Crippen LogP contribution in [0.25, 0.3) is 0 Å². The number of benzene rings is 1. The first-order valence-corrected chi connectivity index (χ1v) is 9.10. The van der Waals surface area contributed by atoms with E-state index in [2.05, 4.69) is 46.2 Å². The van der Waals surface area contributed by atoms with Crippen molar-refractivity contribution in [3.05, 3.63) is 30.1 Å². The van der Waals surface area contributed by atoms with E-state index >= 15 is 0 Å². The zero-order valence-electron chi connectivity index (χ0n) is 16.0. The Balaban J connectivity index is 1.67. The molecule has 0 radical (unpaired) electrons. The largest absolute Gasteiger partial charge is 0.367 e. The molecule has 5 nitrogen and oxygen atoms in total. The molecule has 1 aliphatic heterocycles. The summed E-state index contributed by atoms with van der Waals surface area (Å²) in [5.41, 5.74) is 0.728. The van der Waals surface area contributed by atoms with Gasteiger partial charge in [-0.15, -0.1) is 0 Å². The molecule has 6 heteroatoms. The summed E-state index contributed by atoms with van der Waals surface area (Å²) < 4.78 is 13.9. The summed E-state index contributed by atoms with van der Waals surface area (Å²) in [7, 11) is 1.79. The van der Waals surface area contributed by atoms with E-state index in [-0.39, 0.29) is 11.4 Å². The first-order chi connectivity index (χ1) is 11.9. The third-order valence-electron chi connectivity index (χ3n) is 4.23. The van der Waals surface area contributed by atoms with Crippen LogP contribution in [0, 0.1) is 5.82 Å². The Morgan fingerprint density at radius 1 is 1.16 bits per heavy atom. The topological polar surface area (TPSA) is 42.9 Å². The van der Waals surface area contributed by atoms with Crippen LogP contribution in [0.15, 0.2) is 29.3 Å². The molecule has 2 N–H and O–H groups in total. The van der Waals surface area contributed by atoms with Gasteiger partial charge in [0.15, 0.2) is 5.96 Å². The van der Waals surface area contributed by atoms with E-state index in [1.54, 1.807) is 13.1 Å². The van der Waals surface area contributed by atoms with Gasteiger partial charge in [0.25, 0.3) is 0 Å². The maximum absolute atomic E-state index is 13.9. The van der Waals surface area contributed by atoms with Crippen molar-refractivity contribution in [1.29, 1.82) is 0 Å². The van der Waals surface area contributed by atoms with Crippen molar-refractivity contribution < 1.29 is 4.39 Å². The highest BCUT2D eigenvalue weighted by atomic mass is 19.1. The Morgan fingerprint density at radius 3 is 2.44 bits per heavy atom. The van der Waals surface area contributed by atoms with Crippen LogP contribution in [0.1, 0.15) is 27.2 Å². The first kappa shape index (κ1) is 19.5. The fraction of sp³-hybridized carbons (Fsp3) is 0.632. The highest BCUT2D eigenvalue weighted by Gasteiger charge is 2.18. The summed E-state index contributed by atoms with van der Waals surface area (Å²) in [5, 5.41) is 6.72. The lowest BCUT2D eigenvalue weighted by Gasteiger charge is -2.36. The van der Waals surface area contributed by atoms with E-state index in [1.807, 2.05) is 12.1 Å².